The number of nitrogens with two attached hydrogens (primary N) is 1. The van der Waals surface area contributed by atoms with Crippen LogP contribution in [0, 0.1) is 0 Å². The molecule has 0 unspecified atom stereocenters. The number of hydrogen-bond donors (Lipinski definition) is 1. The predicted octanol–water partition coefficient (Wildman–Crippen LogP) is 0.124. The van der Waals surface area contributed by atoms with E-state index in [1.165, 1.54) is 5.69 Å². The molecule has 0 saturated heterocycles. The standard InChI is InChI=1S/C9H13N5/c1-13-4-2-3-8(13)7-14-9(5-10)6-11-12-14/h2-4,6H,5,7,10H2,1H3. The van der Waals surface area contributed by atoms with Gasteiger partial charge in [-0.2, -0.15) is 0 Å². The van der Waals surface area contributed by atoms with Crippen molar-refractivity contribution in [3.05, 3.63) is 35.9 Å². The van der Waals surface area contributed by atoms with Gasteiger partial charge in [0.25, 0.3) is 0 Å². The van der Waals surface area contributed by atoms with Gasteiger partial charge in [0.05, 0.1) is 18.4 Å². The SMILES string of the molecule is Cn1cccc1Cn1nncc1CN. The second-order valence-electron chi connectivity index (χ2n) is 3.20. The highest BCUT2D eigenvalue weighted by Crippen LogP contribution is 2.04. The van der Waals surface area contributed by atoms with E-state index in [4.69, 9.17) is 5.73 Å². The zero-order chi connectivity index (χ0) is 9.97. The number of nitrogens with zero attached hydrogens (tertiary/aromatic N) is 4. The molecule has 2 rings (SSSR count). The van der Waals surface area contributed by atoms with Crippen LogP contribution in [-0.4, -0.2) is 19.6 Å². The summed E-state index contributed by atoms with van der Waals surface area (Å²) in [6, 6.07) is 4.07. The van der Waals surface area contributed by atoms with Crippen LogP contribution < -0.4 is 5.73 Å². The van der Waals surface area contributed by atoms with Crippen molar-refractivity contribution in [1.82, 2.24) is 19.6 Å². The zero-order valence-electron chi connectivity index (χ0n) is 8.09. The summed E-state index contributed by atoms with van der Waals surface area (Å²) in [5.74, 6) is 0. The van der Waals surface area contributed by atoms with Crippen LogP contribution in [0.5, 0.6) is 0 Å². The molecule has 2 aromatic rings. The molecule has 0 amide bonds. The van der Waals surface area contributed by atoms with Gasteiger partial charge in [-0.05, 0) is 12.1 Å². The van der Waals surface area contributed by atoms with Crippen molar-refractivity contribution < 1.29 is 0 Å². The molecule has 2 heterocycles. The molecule has 2 aromatic heterocycles. The largest absolute Gasteiger partial charge is 0.353 e. The summed E-state index contributed by atoms with van der Waals surface area (Å²) in [4.78, 5) is 0. The molecule has 0 radical (unpaired) electrons. The molecule has 5 heteroatoms. The Hall–Kier alpha value is -1.62. The minimum absolute atomic E-state index is 0.470. The van der Waals surface area contributed by atoms with Crippen molar-refractivity contribution in [1.29, 1.82) is 0 Å². The summed E-state index contributed by atoms with van der Waals surface area (Å²) < 4.78 is 3.87. The minimum Gasteiger partial charge on any atom is -0.353 e. The lowest BCUT2D eigenvalue weighted by Crippen LogP contribution is -2.11. The van der Waals surface area contributed by atoms with E-state index in [1.807, 2.05) is 24.0 Å². The van der Waals surface area contributed by atoms with Crippen LogP contribution in [-0.2, 0) is 20.1 Å². The Kier molecular flexibility index (Phi) is 2.32. The number of hydrogen-bond acceptors (Lipinski definition) is 3. The second kappa shape index (κ2) is 3.63. The predicted molar refractivity (Wildman–Crippen MR) is 52.4 cm³/mol. The van der Waals surface area contributed by atoms with Crippen molar-refractivity contribution in [2.24, 2.45) is 12.8 Å². The fraction of sp³-hybridized carbons (Fsp3) is 0.333. The highest BCUT2D eigenvalue weighted by molar-refractivity contribution is 5.08. The van der Waals surface area contributed by atoms with E-state index in [9.17, 15) is 0 Å². The molecule has 5 nitrogen and oxygen atoms in total. The van der Waals surface area contributed by atoms with Crippen molar-refractivity contribution in [3.63, 3.8) is 0 Å². The van der Waals surface area contributed by atoms with Gasteiger partial charge in [0.2, 0.25) is 0 Å². The molecule has 0 atom stereocenters. The third-order valence-corrected chi connectivity index (χ3v) is 2.27. The number of aryl methyl sites for hydroxylation is 1. The van der Waals surface area contributed by atoms with Gasteiger partial charge in [0.15, 0.2) is 0 Å². The molecule has 0 saturated carbocycles. The average molecular weight is 191 g/mol. The summed E-state index contributed by atoms with van der Waals surface area (Å²) in [5, 5.41) is 7.80. The molecule has 0 aliphatic carbocycles. The maximum atomic E-state index is 5.55. The maximum absolute atomic E-state index is 5.55. The van der Waals surface area contributed by atoms with E-state index in [2.05, 4.69) is 20.9 Å². The molecule has 0 aromatic carbocycles. The van der Waals surface area contributed by atoms with Crippen molar-refractivity contribution >= 4 is 0 Å². The van der Waals surface area contributed by atoms with E-state index in [-0.39, 0.29) is 0 Å². The van der Waals surface area contributed by atoms with E-state index in [1.54, 1.807) is 6.20 Å². The molecule has 74 valence electrons. The van der Waals surface area contributed by atoms with Crippen LogP contribution in [0.4, 0.5) is 0 Å². The van der Waals surface area contributed by atoms with Crippen LogP contribution in [0.2, 0.25) is 0 Å². The van der Waals surface area contributed by atoms with Gasteiger partial charge >= 0.3 is 0 Å². The molecular formula is C9H13N5. The topological polar surface area (TPSA) is 61.7 Å². The Morgan fingerprint density at radius 1 is 1.43 bits per heavy atom. The van der Waals surface area contributed by atoms with Crippen LogP contribution in [0.3, 0.4) is 0 Å². The molecule has 0 bridgehead atoms. The van der Waals surface area contributed by atoms with Crippen molar-refractivity contribution in [2.75, 3.05) is 0 Å². The zero-order valence-corrected chi connectivity index (χ0v) is 8.09. The summed E-state index contributed by atoms with van der Waals surface area (Å²) in [5.41, 5.74) is 7.69. The fourth-order valence-electron chi connectivity index (χ4n) is 1.38. The molecule has 14 heavy (non-hydrogen) atoms. The lowest BCUT2D eigenvalue weighted by molar-refractivity contribution is 0.595. The van der Waals surface area contributed by atoms with E-state index in [0.29, 0.717) is 6.54 Å². The smallest absolute Gasteiger partial charge is 0.0832 e. The Labute approximate surface area is 82.1 Å². The first-order valence-electron chi connectivity index (χ1n) is 4.49. The maximum Gasteiger partial charge on any atom is 0.0832 e. The van der Waals surface area contributed by atoms with Gasteiger partial charge in [0.1, 0.15) is 0 Å². The molecule has 0 aliphatic rings. The third-order valence-electron chi connectivity index (χ3n) is 2.27. The summed E-state index contributed by atoms with van der Waals surface area (Å²) in [6.45, 7) is 1.19. The fourth-order valence-corrected chi connectivity index (χ4v) is 1.38. The van der Waals surface area contributed by atoms with E-state index >= 15 is 0 Å². The first kappa shape index (κ1) is 8.96. The van der Waals surface area contributed by atoms with E-state index in [0.717, 1.165) is 12.2 Å². The molecule has 0 spiro atoms. The van der Waals surface area contributed by atoms with Gasteiger partial charge in [-0.3, -0.25) is 0 Å². The third kappa shape index (κ3) is 1.54. The van der Waals surface area contributed by atoms with Crippen LogP contribution in [0.25, 0.3) is 0 Å². The summed E-state index contributed by atoms with van der Waals surface area (Å²) in [6.07, 6.45) is 3.71. The second-order valence-corrected chi connectivity index (χ2v) is 3.20. The highest BCUT2D eigenvalue weighted by Gasteiger charge is 2.04. The van der Waals surface area contributed by atoms with Crippen LogP contribution in [0.15, 0.2) is 24.5 Å². The van der Waals surface area contributed by atoms with Crippen LogP contribution >= 0.6 is 0 Å². The van der Waals surface area contributed by atoms with Crippen LogP contribution in [0.1, 0.15) is 11.4 Å². The summed E-state index contributed by atoms with van der Waals surface area (Å²) >= 11 is 0. The highest BCUT2D eigenvalue weighted by atomic mass is 15.4. The van der Waals surface area contributed by atoms with Gasteiger partial charge < -0.3 is 10.3 Å². The summed E-state index contributed by atoms with van der Waals surface area (Å²) in [7, 11) is 2.01. The Balaban J connectivity index is 2.22. The van der Waals surface area contributed by atoms with Crippen molar-refractivity contribution in [2.45, 2.75) is 13.1 Å². The van der Waals surface area contributed by atoms with Gasteiger partial charge in [-0.25, -0.2) is 4.68 Å². The molecule has 0 fully saturated rings. The molecular weight excluding hydrogens is 178 g/mol. The number of aromatic nitrogens is 4. The molecule has 0 aliphatic heterocycles. The van der Waals surface area contributed by atoms with E-state index < -0.39 is 0 Å². The minimum atomic E-state index is 0.470. The lowest BCUT2D eigenvalue weighted by Gasteiger charge is -2.05. The van der Waals surface area contributed by atoms with Gasteiger partial charge in [-0.15, -0.1) is 5.10 Å². The normalized spacial score (nSPS) is 10.7. The first-order chi connectivity index (χ1) is 6.81. The Morgan fingerprint density at radius 3 is 2.93 bits per heavy atom. The monoisotopic (exact) mass is 191 g/mol. The van der Waals surface area contributed by atoms with Gasteiger partial charge in [0, 0.05) is 25.5 Å². The number of rotatable bonds is 3. The Bertz CT molecular complexity index is 414. The lowest BCUT2D eigenvalue weighted by atomic mass is 10.4. The van der Waals surface area contributed by atoms with Gasteiger partial charge in [-0.1, -0.05) is 5.21 Å². The Morgan fingerprint density at radius 2 is 2.29 bits per heavy atom. The first-order valence-corrected chi connectivity index (χ1v) is 4.49. The molecule has 2 N–H and O–H groups in total. The van der Waals surface area contributed by atoms with Crippen molar-refractivity contribution in [3.8, 4) is 0 Å². The average Bonchev–Trinajstić information content (AvgIpc) is 2.77. The quantitative estimate of drug-likeness (QED) is 0.749.